The van der Waals surface area contributed by atoms with Crippen molar-refractivity contribution in [1.29, 1.82) is 0 Å². The van der Waals surface area contributed by atoms with Crippen LogP contribution in [0, 0.1) is 5.82 Å². The SMILES string of the molecule is O=C1Cc2ccc(C(=O)NCc3cccc(F)c3)cc2N1. The summed E-state index contributed by atoms with van der Waals surface area (Å²) in [6.07, 6.45) is 0.348. The lowest BCUT2D eigenvalue weighted by Gasteiger charge is -2.07. The maximum atomic E-state index is 13.0. The molecule has 0 radical (unpaired) electrons. The smallest absolute Gasteiger partial charge is 0.251 e. The third-order valence-electron chi connectivity index (χ3n) is 3.34. The Morgan fingerprint density at radius 3 is 2.90 bits per heavy atom. The fraction of sp³-hybridized carbons (Fsp3) is 0.125. The van der Waals surface area contributed by atoms with Gasteiger partial charge in [-0.25, -0.2) is 4.39 Å². The molecule has 0 fully saturated rings. The van der Waals surface area contributed by atoms with Crippen molar-refractivity contribution in [2.24, 2.45) is 0 Å². The molecule has 0 unspecified atom stereocenters. The Bertz CT molecular complexity index is 728. The van der Waals surface area contributed by atoms with Gasteiger partial charge in [0.05, 0.1) is 6.42 Å². The number of amides is 2. The molecule has 2 N–H and O–H groups in total. The first-order valence-electron chi connectivity index (χ1n) is 6.57. The van der Waals surface area contributed by atoms with E-state index in [-0.39, 0.29) is 24.2 Å². The van der Waals surface area contributed by atoms with E-state index in [1.165, 1.54) is 12.1 Å². The van der Waals surface area contributed by atoms with Crippen molar-refractivity contribution in [3.8, 4) is 0 Å². The third kappa shape index (κ3) is 2.91. The predicted molar refractivity (Wildman–Crippen MR) is 76.3 cm³/mol. The molecule has 1 heterocycles. The summed E-state index contributed by atoms with van der Waals surface area (Å²) in [5.41, 5.74) is 2.73. The topological polar surface area (TPSA) is 58.2 Å². The monoisotopic (exact) mass is 284 g/mol. The summed E-state index contributed by atoms with van der Waals surface area (Å²) in [6, 6.07) is 11.2. The summed E-state index contributed by atoms with van der Waals surface area (Å²) in [5, 5.41) is 5.43. The Morgan fingerprint density at radius 1 is 1.24 bits per heavy atom. The molecule has 0 bridgehead atoms. The van der Waals surface area contributed by atoms with Crippen LogP contribution in [-0.4, -0.2) is 11.8 Å². The van der Waals surface area contributed by atoms with Gasteiger partial charge in [-0.2, -0.15) is 0 Å². The average molecular weight is 284 g/mol. The lowest BCUT2D eigenvalue weighted by atomic mass is 10.1. The molecule has 5 heteroatoms. The number of carbonyl (C=O) groups is 2. The van der Waals surface area contributed by atoms with Crippen LogP contribution in [0.15, 0.2) is 42.5 Å². The van der Waals surface area contributed by atoms with Crippen molar-refractivity contribution in [3.63, 3.8) is 0 Å². The van der Waals surface area contributed by atoms with Gasteiger partial charge in [0, 0.05) is 17.8 Å². The summed E-state index contributed by atoms with van der Waals surface area (Å²) in [5.74, 6) is -0.660. The molecule has 4 nitrogen and oxygen atoms in total. The standard InChI is InChI=1S/C16H13FN2O2/c17-13-3-1-2-10(6-13)9-18-16(21)12-5-4-11-8-15(20)19-14(11)7-12/h1-7H,8-9H2,(H,18,21)(H,19,20). The number of hydrogen-bond donors (Lipinski definition) is 2. The second-order valence-electron chi connectivity index (χ2n) is 4.91. The Hall–Kier alpha value is -2.69. The fourth-order valence-corrected chi connectivity index (χ4v) is 2.29. The van der Waals surface area contributed by atoms with Crippen LogP contribution >= 0.6 is 0 Å². The lowest BCUT2D eigenvalue weighted by Crippen LogP contribution is -2.22. The highest BCUT2D eigenvalue weighted by Crippen LogP contribution is 2.23. The first-order chi connectivity index (χ1) is 10.1. The number of anilines is 1. The summed E-state index contributed by atoms with van der Waals surface area (Å²) in [4.78, 5) is 23.3. The Morgan fingerprint density at radius 2 is 2.10 bits per heavy atom. The van der Waals surface area contributed by atoms with E-state index in [9.17, 15) is 14.0 Å². The predicted octanol–water partition coefficient (Wildman–Crippen LogP) is 2.25. The number of fused-ring (bicyclic) bond motifs is 1. The highest BCUT2D eigenvalue weighted by Gasteiger charge is 2.18. The summed E-state index contributed by atoms with van der Waals surface area (Å²) in [7, 11) is 0. The van der Waals surface area contributed by atoms with Gasteiger partial charge in [-0.1, -0.05) is 18.2 Å². The first-order valence-corrected chi connectivity index (χ1v) is 6.57. The van der Waals surface area contributed by atoms with Gasteiger partial charge in [-0.05, 0) is 35.4 Å². The zero-order chi connectivity index (χ0) is 14.8. The van der Waals surface area contributed by atoms with Crippen LogP contribution in [0.3, 0.4) is 0 Å². The van der Waals surface area contributed by atoms with Crippen molar-refractivity contribution in [2.45, 2.75) is 13.0 Å². The molecule has 2 aromatic carbocycles. The minimum absolute atomic E-state index is 0.0673. The minimum Gasteiger partial charge on any atom is -0.348 e. The summed E-state index contributed by atoms with van der Waals surface area (Å²) in [6.45, 7) is 0.250. The lowest BCUT2D eigenvalue weighted by molar-refractivity contribution is -0.115. The van der Waals surface area contributed by atoms with Gasteiger partial charge in [0.15, 0.2) is 0 Å². The number of rotatable bonds is 3. The Kier molecular flexibility index (Phi) is 3.39. The van der Waals surface area contributed by atoms with E-state index in [0.717, 1.165) is 5.56 Å². The molecule has 21 heavy (non-hydrogen) atoms. The van der Waals surface area contributed by atoms with E-state index in [1.54, 1.807) is 30.3 Å². The zero-order valence-corrected chi connectivity index (χ0v) is 11.2. The molecule has 0 aliphatic carbocycles. The second-order valence-corrected chi connectivity index (χ2v) is 4.91. The van der Waals surface area contributed by atoms with E-state index in [4.69, 9.17) is 0 Å². The Balaban J connectivity index is 1.69. The van der Waals surface area contributed by atoms with Crippen LogP contribution in [0.5, 0.6) is 0 Å². The average Bonchev–Trinajstić information content (AvgIpc) is 2.84. The number of nitrogens with one attached hydrogen (secondary N) is 2. The molecule has 1 aliphatic heterocycles. The van der Waals surface area contributed by atoms with E-state index in [1.807, 2.05) is 0 Å². The summed E-state index contributed by atoms with van der Waals surface area (Å²) >= 11 is 0. The molecule has 2 amide bonds. The third-order valence-corrected chi connectivity index (χ3v) is 3.34. The van der Waals surface area contributed by atoms with Crippen LogP contribution in [0.25, 0.3) is 0 Å². The van der Waals surface area contributed by atoms with Gasteiger partial charge >= 0.3 is 0 Å². The van der Waals surface area contributed by atoms with Crippen LogP contribution in [0.2, 0.25) is 0 Å². The van der Waals surface area contributed by atoms with Crippen LogP contribution in [0.4, 0.5) is 10.1 Å². The maximum absolute atomic E-state index is 13.0. The fourth-order valence-electron chi connectivity index (χ4n) is 2.29. The minimum atomic E-state index is -0.331. The second kappa shape index (κ2) is 5.36. The first kappa shape index (κ1) is 13.3. The van der Waals surface area contributed by atoms with Gasteiger partial charge in [0.25, 0.3) is 5.91 Å². The van der Waals surface area contributed by atoms with Crippen LogP contribution < -0.4 is 10.6 Å². The molecule has 3 rings (SSSR count). The molecule has 0 saturated carbocycles. The number of carbonyl (C=O) groups excluding carboxylic acids is 2. The molecule has 0 atom stereocenters. The van der Waals surface area contributed by atoms with Crippen molar-refractivity contribution in [1.82, 2.24) is 5.32 Å². The molecular formula is C16H13FN2O2. The number of hydrogen-bond acceptors (Lipinski definition) is 2. The molecule has 1 aliphatic rings. The van der Waals surface area contributed by atoms with E-state index in [0.29, 0.717) is 23.2 Å². The highest BCUT2D eigenvalue weighted by atomic mass is 19.1. The van der Waals surface area contributed by atoms with Crippen molar-refractivity contribution in [2.75, 3.05) is 5.32 Å². The Labute approximate surface area is 121 Å². The van der Waals surface area contributed by atoms with Gasteiger partial charge in [-0.3, -0.25) is 9.59 Å². The zero-order valence-electron chi connectivity index (χ0n) is 11.2. The molecule has 2 aromatic rings. The largest absolute Gasteiger partial charge is 0.348 e. The number of benzene rings is 2. The maximum Gasteiger partial charge on any atom is 0.251 e. The van der Waals surface area contributed by atoms with Gasteiger partial charge in [-0.15, -0.1) is 0 Å². The normalized spacial score (nSPS) is 12.7. The van der Waals surface area contributed by atoms with Crippen molar-refractivity contribution < 1.29 is 14.0 Å². The van der Waals surface area contributed by atoms with Crippen molar-refractivity contribution in [3.05, 3.63) is 65.0 Å². The highest BCUT2D eigenvalue weighted by molar-refractivity contribution is 6.02. The molecule has 106 valence electrons. The van der Waals surface area contributed by atoms with E-state index >= 15 is 0 Å². The quantitative estimate of drug-likeness (QED) is 0.908. The van der Waals surface area contributed by atoms with E-state index in [2.05, 4.69) is 10.6 Å². The van der Waals surface area contributed by atoms with Crippen LogP contribution in [-0.2, 0) is 17.8 Å². The van der Waals surface area contributed by atoms with Gasteiger partial charge in [0.2, 0.25) is 5.91 Å². The van der Waals surface area contributed by atoms with Crippen molar-refractivity contribution >= 4 is 17.5 Å². The summed E-state index contributed by atoms with van der Waals surface area (Å²) < 4.78 is 13.0. The number of halogens is 1. The molecule has 0 aromatic heterocycles. The molecule has 0 saturated heterocycles. The van der Waals surface area contributed by atoms with Crippen LogP contribution in [0.1, 0.15) is 21.5 Å². The van der Waals surface area contributed by atoms with Gasteiger partial charge < -0.3 is 10.6 Å². The van der Waals surface area contributed by atoms with E-state index < -0.39 is 0 Å². The molecule has 0 spiro atoms. The van der Waals surface area contributed by atoms with Gasteiger partial charge in [0.1, 0.15) is 5.82 Å². The molecular weight excluding hydrogens is 271 g/mol.